The molecule has 0 saturated heterocycles. The average Bonchev–Trinajstić information content (AvgIpc) is 3.18. The molecule has 1 atom stereocenters. The third kappa shape index (κ3) is 3.70. The molecular weight excluding hydrogens is 442 g/mol. The summed E-state index contributed by atoms with van der Waals surface area (Å²) in [7, 11) is 1.83. The maximum atomic E-state index is 13.3. The van der Waals surface area contributed by atoms with Crippen LogP contribution in [-0.4, -0.2) is 44.5 Å². The molecule has 0 radical (unpaired) electrons. The maximum absolute atomic E-state index is 13.3. The lowest BCUT2D eigenvalue weighted by molar-refractivity contribution is -0.125. The fourth-order valence-corrected chi connectivity index (χ4v) is 4.74. The molecule has 0 aliphatic carbocycles. The molecule has 3 heterocycles. The summed E-state index contributed by atoms with van der Waals surface area (Å²) < 4.78 is 13.6. The molecule has 1 N–H and O–H groups in total. The first-order chi connectivity index (χ1) is 15.9. The van der Waals surface area contributed by atoms with E-state index in [0.717, 1.165) is 0 Å². The van der Waals surface area contributed by atoms with Crippen molar-refractivity contribution < 1.29 is 19.1 Å². The Bertz CT molecular complexity index is 1240. The van der Waals surface area contributed by atoms with Gasteiger partial charge in [-0.1, -0.05) is 36.0 Å². The van der Waals surface area contributed by atoms with Crippen LogP contribution in [0.15, 0.2) is 53.7 Å². The number of hydrogen-bond acceptors (Lipinski definition) is 7. The highest BCUT2D eigenvalue weighted by atomic mass is 32.2. The third-order valence-electron chi connectivity index (χ3n) is 5.75. The van der Waals surface area contributed by atoms with Crippen LogP contribution in [0.1, 0.15) is 25.8 Å². The number of benzene rings is 2. The Balaban J connectivity index is 1.32. The Morgan fingerprint density at radius 3 is 2.70 bits per heavy atom. The number of para-hydroxylation sites is 4. The van der Waals surface area contributed by atoms with Crippen LogP contribution in [0.5, 0.6) is 11.5 Å². The Hall–Kier alpha value is -3.53. The minimum Gasteiger partial charge on any atom is -0.485 e. The quantitative estimate of drug-likeness (QED) is 0.591. The minimum atomic E-state index is -1.02. The summed E-state index contributed by atoms with van der Waals surface area (Å²) in [5, 5.41) is 12.0. The minimum absolute atomic E-state index is 0.0991. The van der Waals surface area contributed by atoms with Gasteiger partial charge in [-0.15, -0.1) is 10.2 Å². The molecule has 2 amide bonds. The first-order valence-electron chi connectivity index (χ1n) is 10.5. The number of rotatable bonds is 4. The second-order valence-corrected chi connectivity index (χ2v) is 9.25. The highest BCUT2D eigenvalue weighted by molar-refractivity contribution is 7.99. The first-order valence-corrected chi connectivity index (χ1v) is 11.5. The van der Waals surface area contributed by atoms with Gasteiger partial charge in [0.05, 0.1) is 17.1 Å². The predicted octanol–water partition coefficient (Wildman–Crippen LogP) is 3.18. The number of ether oxygens (including phenoxy) is 2. The van der Waals surface area contributed by atoms with Crippen LogP contribution in [-0.2, 0) is 16.6 Å². The van der Waals surface area contributed by atoms with Crippen molar-refractivity contribution in [2.45, 2.75) is 30.6 Å². The first kappa shape index (κ1) is 21.3. The van der Waals surface area contributed by atoms with Gasteiger partial charge in [0.2, 0.25) is 11.8 Å². The van der Waals surface area contributed by atoms with E-state index < -0.39 is 11.6 Å². The Labute approximate surface area is 195 Å². The zero-order valence-corrected chi connectivity index (χ0v) is 19.3. The summed E-state index contributed by atoms with van der Waals surface area (Å²) >= 11 is 1.27. The molecule has 2 aliphatic rings. The van der Waals surface area contributed by atoms with Crippen molar-refractivity contribution in [2.24, 2.45) is 7.05 Å². The second kappa shape index (κ2) is 8.11. The van der Waals surface area contributed by atoms with Gasteiger partial charge >= 0.3 is 0 Å². The summed E-state index contributed by atoms with van der Waals surface area (Å²) in [4.78, 5) is 27.5. The summed E-state index contributed by atoms with van der Waals surface area (Å²) in [6.45, 7) is 3.79. The number of anilines is 2. The van der Waals surface area contributed by atoms with E-state index in [9.17, 15) is 9.59 Å². The van der Waals surface area contributed by atoms with Crippen molar-refractivity contribution in [3.63, 3.8) is 0 Å². The number of aromatic nitrogens is 3. The number of carbonyl (C=O) groups excluding carboxylic acids is 2. The van der Waals surface area contributed by atoms with Crippen LogP contribution in [0.3, 0.4) is 0 Å². The van der Waals surface area contributed by atoms with Crippen molar-refractivity contribution in [3.8, 4) is 11.5 Å². The van der Waals surface area contributed by atoms with Gasteiger partial charge in [-0.3, -0.25) is 14.5 Å². The van der Waals surface area contributed by atoms with Crippen molar-refractivity contribution in [2.75, 3.05) is 22.6 Å². The Morgan fingerprint density at radius 2 is 1.88 bits per heavy atom. The number of fused-ring (bicyclic) bond motifs is 2. The van der Waals surface area contributed by atoms with Gasteiger partial charge in [-0.05, 0) is 38.1 Å². The molecule has 2 aromatic carbocycles. The number of amides is 2. The van der Waals surface area contributed by atoms with Crippen molar-refractivity contribution in [1.82, 2.24) is 14.8 Å². The summed E-state index contributed by atoms with van der Waals surface area (Å²) in [5.74, 6) is 1.65. The molecule has 2 aliphatic heterocycles. The normalized spacial score (nSPS) is 18.5. The van der Waals surface area contributed by atoms with Gasteiger partial charge in [0.15, 0.2) is 28.6 Å². The van der Waals surface area contributed by atoms with Gasteiger partial charge in [-0.25, -0.2) is 0 Å². The molecule has 33 heavy (non-hydrogen) atoms. The summed E-state index contributed by atoms with van der Waals surface area (Å²) in [6, 6.07) is 14.8. The molecule has 0 saturated carbocycles. The molecule has 0 bridgehead atoms. The Kier molecular flexibility index (Phi) is 5.24. The van der Waals surface area contributed by atoms with Gasteiger partial charge < -0.3 is 19.4 Å². The van der Waals surface area contributed by atoms with Crippen molar-refractivity contribution in [1.29, 1.82) is 0 Å². The van der Waals surface area contributed by atoms with Crippen molar-refractivity contribution >= 4 is 35.0 Å². The number of nitrogens with one attached hydrogen (secondary N) is 1. The van der Waals surface area contributed by atoms with E-state index in [0.29, 0.717) is 40.5 Å². The van der Waals surface area contributed by atoms with Gasteiger partial charge in [0.1, 0.15) is 12.1 Å². The van der Waals surface area contributed by atoms with E-state index >= 15 is 0 Å². The standard InChI is InChI=1S/C23H23N5O4S/c1-23(2)21(30)24-14-8-4-5-9-15(14)28(23)19(29)13-33-22-26-25-20(27(22)3)18-12-31-16-10-6-7-11-17(16)32-18/h4-11,18H,12-13H2,1-3H3,(H,24,30)/t18-/m0/s1. The SMILES string of the molecule is Cn1c(SCC(=O)N2c3ccccc3NC(=O)C2(C)C)nnc1[C@@H]1COc2ccccc2O1. The Morgan fingerprint density at radius 1 is 1.15 bits per heavy atom. The number of nitrogens with zero attached hydrogens (tertiary/aromatic N) is 4. The molecule has 0 unspecified atom stereocenters. The molecule has 1 aromatic heterocycles. The van der Waals surface area contributed by atoms with Crippen LogP contribution in [0, 0.1) is 0 Å². The molecule has 10 heteroatoms. The van der Waals surface area contributed by atoms with Crippen LogP contribution in [0.2, 0.25) is 0 Å². The maximum Gasteiger partial charge on any atom is 0.250 e. The van der Waals surface area contributed by atoms with E-state index in [1.807, 2.05) is 54.1 Å². The van der Waals surface area contributed by atoms with E-state index in [1.165, 1.54) is 11.8 Å². The molecule has 9 nitrogen and oxygen atoms in total. The number of carbonyl (C=O) groups is 2. The fraction of sp³-hybridized carbons (Fsp3) is 0.304. The summed E-state index contributed by atoms with van der Waals surface area (Å²) in [5.41, 5.74) is 0.283. The van der Waals surface area contributed by atoms with Crippen LogP contribution in [0.4, 0.5) is 11.4 Å². The summed E-state index contributed by atoms with van der Waals surface area (Å²) in [6.07, 6.45) is -0.404. The van der Waals surface area contributed by atoms with E-state index in [2.05, 4.69) is 15.5 Å². The van der Waals surface area contributed by atoms with Gasteiger partial charge in [0, 0.05) is 7.05 Å². The van der Waals surface area contributed by atoms with Gasteiger partial charge in [-0.2, -0.15) is 0 Å². The molecular formula is C23H23N5O4S. The second-order valence-electron chi connectivity index (χ2n) is 8.31. The number of thioether (sulfide) groups is 1. The lowest BCUT2D eigenvalue weighted by Gasteiger charge is -2.42. The van der Waals surface area contributed by atoms with Crippen molar-refractivity contribution in [3.05, 3.63) is 54.4 Å². The predicted molar refractivity (Wildman–Crippen MR) is 124 cm³/mol. The van der Waals surface area contributed by atoms with Gasteiger partial charge in [0.25, 0.3) is 0 Å². The monoisotopic (exact) mass is 465 g/mol. The fourth-order valence-electron chi connectivity index (χ4n) is 3.97. The zero-order valence-electron chi connectivity index (χ0n) is 18.4. The van der Waals surface area contributed by atoms with Crippen LogP contribution in [0.25, 0.3) is 0 Å². The van der Waals surface area contributed by atoms with E-state index in [4.69, 9.17) is 9.47 Å². The largest absolute Gasteiger partial charge is 0.485 e. The molecule has 3 aromatic rings. The van der Waals surface area contributed by atoms with Crippen LogP contribution < -0.4 is 19.7 Å². The highest BCUT2D eigenvalue weighted by Crippen LogP contribution is 2.38. The molecule has 0 spiro atoms. The molecule has 170 valence electrons. The topological polar surface area (TPSA) is 98.6 Å². The zero-order chi connectivity index (χ0) is 23.2. The smallest absolute Gasteiger partial charge is 0.250 e. The lowest BCUT2D eigenvalue weighted by Crippen LogP contribution is -2.59. The van der Waals surface area contributed by atoms with E-state index in [1.54, 1.807) is 24.8 Å². The molecule has 5 rings (SSSR count). The molecule has 0 fully saturated rings. The highest BCUT2D eigenvalue weighted by Gasteiger charge is 2.43. The number of hydrogen-bond donors (Lipinski definition) is 1. The van der Waals surface area contributed by atoms with Crippen LogP contribution >= 0.6 is 11.8 Å². The average molecular weight is 466 g/mol. The van der Waals surface area contributed by atoms with E-state index in [-0.39, 0.29) is 17.6 Å². The third-order valence-corrected chi connectivity index (χ3v) is 6.75. The lowest BCUT2D eigenvalue weighted by atomic mass is 9.96.